The van der Waals surface area contributed by atoms with Gasteiger partial charge in [0.1, 0.15) is 0 Å². The number of hydrogen-bond donors (Lipinski definition) is 1. The van der Waals surface area contributed by atoms with E-state index in [0.717, 1.165) is 19.3 Å². The minimum atomic E-state index is -0.829. The van der Waals surface area contributed by atoms with Gasteiger partial charge in [-0.1, -0.05) is 6.92 Å². The quantitative estimate of drug-likeness (QED) is 0.744. The number of carbonyl (C=O) groups excluding carboxylic acids is 2. The van der Waals surface area contributed by atoms with Crippen LogP contribution in [-0.4, -0.2) is 37.7 Å². The monoisotopic (exact) mass is 321 g/mol. The third-order valence-electron chi connectivity index (χ3n) is 3.44. The van der Waals surface area contributed by atoms with Crippen LogP contribution in [0.15, 0.2) is 18.2 Å². The Kier molecular flexibility index (Phi) is 5.84. The van der Waals surface area contributed by atoms with Crippen LogP contribution in [0.3, 0.4) is 0 Å². The van der Waals surface area contributed by atoms with Crippen LogP contribution in [0.1, 0.15) is 43.5 Å². The molecular weight excluding hydrogens is 298 g/mol. The van der Waals surface area contributed by atoms with Crippen LogP contribution in [0.25, 0.3) is 0 Å². The van der Waals surface area contributed by atoms with Crippen molar-refractivity contribution in [3.8, 4) is 11.5 Å². The Balaban J connectivity index is 1.98. The molecule has 0 saturated heterocycles. The normalized spacial score (nSPS) is 14.7. The molecule has 0 heterocycles. The lowest BCUT2D eigenvalue weighted by atomic mass is 10.2. The van der Waals surface area contributed by atoms with E-state index in [1.54, 1.807) is 25.1 Å². The summed E-state index contributed by atoms with van der Waals surface area (Å²) in [4.78, 5) is 24.0. The van der Waals surface area contributed by atoms with Gasteiger partial charge in [0.15, 0.2) is 17.6 Å². The first kappa shape index (κ1) is 17.1. The number of methoxy groups -OCH3 is 1. The van der Waals surface area contributed by atoms with Crippen LogP contribution >= 0.6 is 0 Å². The molecule has 6 nitrogen and oxygen atoms in total. The standard InChI is InChI=1S/C17H23NO5/c1-4-9-22-14-8-5-12(10-15(14)21-3)17(20)23-11(2)16(19)18-13-6-7-13/h5,8,10-11,13H,4,6-7,9H2,1-3H3,(H,18,19)/t11-/m1/s1. The molecule has 1 aliphatic carbocycles. The van der Waals surface area contributed by atoms with Gasteiger partial charge in [0, 0.05) is 6.04 Å². The zero-order valence-electron chi connectivity index (χ0n) is 13.8. The second-order valence-electron chi connectivity index (χ2n) is 5.54. The van der Waals surface area contributed by atoms with Crippen LogP contribution in [0.5, 0.6) is 11.5 Å². The van der Waals surface area contributed by atoms with E-state index in [4.69, 9.17) is 14.2 Å². The highest BCUT2D eigenvalue weighted by Gasteiger charge is 2.27. The molecule has 1 aromatic rings. The Bertz CT molecular complexity index is 568. The molecule has 1 atom stereocenters. The van der Waals surface area contributed by atoms with Crippen molar-refractivity contribution in [2.24, 2.45) is 0 Å². The van der Waals surface area contributed by atoms with Crippen LogP contribution < -0.4 is 14.8 Å². The van der Waals surface area contributed by atoms with Gasteiger partial charge in [0.25, 0.3) is 5.91 Å². The summed E-state index contributed by atoms with van der Waals surface area (Å²) in [5.41, 5.74) is 0.316. The Labute approximate surface area is 136 Å². The van der Waals surface area contributed by atoms with E-state index >= 15 is 0 Å². The first-order valence-corrected chi connectivity index (χ1v) is 7.87. The van der Waals surface area contributed by atoms with E-state index < -0.39 is 12.1 Å². The second kappa shape index (κ2) is 7.85. The van der Waals surface area contributed by atoms with Crippen molar-refractivity contribution in [3.05, 3.63) is 23.8 Å². The molecule has 6 heteroatoms. The van der Waals surface area contributed by atoms with Crippen LogP contribution in [0.2, 0.25) is 0 Å². The van der Waals surface area contributed by atoms with Crippen molar-refractivity contribution < 1.29 is 23.8 Å². The lowest BCUT2D eigenvalue weighted by Gasteiger charge is -2.14. The zero-order valence-corrected chi connectivity index (χ0v) is 13.8. The first-order valence-electron chi connectivity index (χ1n) is 7.87. The van der Waals surface area contributed by atoms with E-state index in [0.29, 0.717) is 23.7 Å². The highest BCUT2D eigenvalue weighted by molar-refractivity contribution is 5.93. The van der Waals surface area contributed by atoms with Crippen molar-refractivity contribution in [1.29, 1.82) is 0 Å². The third kappa shape index (κ3) is 4.87. The number of amides is 1. The molecule has 0 unspecified atom stereocenters. The maximum atomic E-state index is 12.2. The van der Waals surface area contributed by atoms with Gasteiger partial charge in [-0.25, -0.2) is 4.79 Å². The molecule has 23 heavy (non-hydrogen) atoms. The summed E-state index contributed by atoms with van der Waals surface area (Å²) in [6, 6.07) is 5.05. The Morgan fingerprint density at radius 3 is 2.65 bits per heavy atom. The van der Waals surface area contributed by atoms with Gasteiger partial charge >= 0.3 is 5.97 Å². The number of carbonyl (C=O) groups is 2. The minimum Gasteiger partial charge on any atom is -0.493 e. The Morgan fingerprint density at radius 2 is 2.04 bits per heavy atom. The molecular formula is C17H23NO5. The van der Waals surface area contributed by atoms with Gasteiger partial charge in [-0.2, -0.15) is 0 Å². The summed E-state index contributed by atoms with van der Waals surface area (Å²) in [6.45, 7) is 4.14. The third-order valence-corrected chi connectivity index (χ3v) is 3.44. The van der Waals surface area contributed by atoms with Crippen molar-refractivity contribution in [3.63, 3.8) is 0 Å². The Hall–Kier alpha value is -2.24. The molecule has 1 saturated carbocycles. The van der Waals surface area contributed by atoms with Crippen LogP contribution in [0, 0.1) is 0 Å². The van der Waals surface area contributed by atoms with Gasteiger partial charge in [-0.3, -0.25) is 4.79 Å². The molecule has 1 aromatic carbocycles. The van der Waals surface area contributed by atoms with Crippen molar-refractivity contribution in [1.82, 2.24) is 5.32 Å². The summed E-state index contributed by atoms with van der Waals surface area (Å²) in [6.07, 6.45) is 2.02. The summed E-state index contributed by atoms with van der Waals surface area (Å²) in [5, 5.41) is 2.80. The van der Waals surface area contributed by atoms with E-state index in [2.05, 4.69) is 5.32 Å². The molecule has 126 valence electrons. The van der Waals surface area contributed by atoms with Crippen molar-refractivity contribution in [2.75, 3.05) is 13.7 Å². The number of rotatable bonds is 8. The predicted molar refractivity (Wildman–Crippen MR) is 84.8 cm³/mol. The highest BCUT2D eigenvalue weighted by atomic mass is 16.5. The molecule has 0 aromatic heterocycles. The fourth-order valence-electron chi connectivity index (χ4n) is 1.95. The highest BCUT2D eigenvalue weighted by Crippen LogP contribution is 2.28. The topological polar surface area (TPSA) is 73.9 Å². The van der Waals surface area contributed by atoms with E-state index in [1.165, 1.54) is 7.11 Å². The van der Waals surface area contributed by atoms with E-state index in [9.17, 15) is 9.59 Å². The fraction of sp³-hybridized carbons (Fsp3) is 0.529. The first-order chi connectivity index (χ1) is 11.0. The van der Waals surface area contributed by atoms with Gasteiger partial charge in [0.05, 0.1) is 19.3 Å². The van der Waals surface area contributed by atoms with Gasteiger partial charge in [0.2, 0.25) is 0 Å². The number of ether oxygens (including phenoxy) is 3. The number of benzene rings is 1. The minimum absolute atomic E-state index is 0.235. The molecule has 0 aliphatic heterocycles. The van der Waals surface area contributed by atoms with E-state index in [1.807, 2.05) is 6.92 Å². The average molecular weight is 321 g/mol. The van der Waals surface area contributed by atoms with Crippen molar-refractivity contribution in [2.45, 2.75) is 45.3 Å². The van der Waals surface area contributed by atoms with Gasteiger partial charge in [-0.15, -0.1) is 0 Å². The van der Waals surface area contributed by atoms with Crippen LogP contribution in [0.4, 0.5) is 0 Å². The van der Waals surface area contributed by atoms with Crippen LogP contribution in [-0.2, 0) is 9.53 Å². The summed E-state index contributed by atoms with van der Waals surface area (Å²) in [5.74, 6) is 0.202. The average Bonchev–Trinajstić information content (AvgIpc) is 3.36. The summed E-state index contributed by atoms with van der Waals surface area (Å²) in [7, 11) is 1.51. The largest absolute Gasteiger partial charge is 0.493 e. The number of esters is 1. The maximum absolute atomic E-state index is 12.2. The molecule has 1 aliphatic rings. The predicted octanol–water partition coefficient (Wildman–Crippen LogP) is 2.31. The summed E-state index contributed by atoms with van der Waals surface area (Å²) >= 11 is 0. The zero-order chi connectivity index (χ0) is 16.8. The molecule has 2 rings (SSSR count). The van der Waals surface area contributed by atoms with E-state index in [-0.39, 0.29) is 11.9 Å². The maximum Gasteiger partial charge on any atom is 0.339 e. The lowest BCUT2D eigenvalue weighted by molar-refractivity contribution is -0.129. The summed E-state index contributed by atoms with van der Waals surface area (Å²) < 4.78 is 16.0. The van der Waals surface area contributed by atoms with Crippen molar-refractivity contribution >= 4 is 11.9 Å². The fourth-order valence-corrected chi connectivity index (χ4v) is 1.95. The molecule has 1 N–H and O–H groups in total. The van der Waals surface area contributed by atoms with Gasteiger partial charge in [-0.05, 0) is 44.4 Å². The number of hydrogen-bond acceptors (Lipinski definition) is 5. The second-order valence-corrected chi connectivity index (χ2v) is 5.54. The smallest absolute Gasteiger partial charge is 0.339 e. The molecule has 1 amide bonds. The Morgan fingerprint density at radius 1 is 1.30 bits per heavy atom. The SMILES string of the molecule is CCCOc1ccc(C(=O)O[C@H](C)C(=O)NC2CC2)cc1OC. The molecule has 0 radical (unpaired) electrons. The number of nitrogens with one attached hydrogen (secondary N) is 1. The lowest BCUT2D eigenvalue weighted by Crippen LogP contribution is -2.37. The molecule has 1 fully saturated rings. The molecule has 0 bridgehead atoms. The van der Waals surface area contributed by atoms with Gasteiger partial charge < -0.3 is 19.5 Å². The molecule has 0 spiro atoms.